The Morgan fingerprint density at radius 1 is 1.28 bits per heavy atom. The number of morpholine rings is 1. The molecule has 6 nitrogen and oxygen atoms in total. The molecule has 0 bridgehead atoms. The van der Waals surface area contributed by atoms with Crippen molar-refractivity contribution in [1.29, 1.82) is 5.26 Å². The monoisotopic (exact) mass is 336 g/mol. The van der Waals surface area contributed by atoms with Gasteiger partial charge in [-0.05, 0) is 47.9 Å². The Balaban J connectivity index is 2.16. The Labute approximate surface area is 144 Å². The van der Waals surface area contributed by atoms with Crippen molar-refractivity contribution in [2.45, 2.75) is 6.92 Å². The Kier molecular flexibility index (Phi) is 4.50. The highest BCUT2D eigenvalue weighted by Gasteiger charge is 2.22. The summed E-state index contributed by atoms with van der Waals surface area (Å²) in [6.45, 7) is 2.61. The van der Waals surface area contributed by atoms with Crippen LogP contribution >= 0.6 is 0 Å². The topological polar surface area (TPSA) is 90.6 Å². The molecule has 0 aliphatic carbocycles. The predicted octanol–water partition coefficient (Wildman–Crippen LogP) is 2.60. The molecule has 1 saturated heterocycles. The van der Waals surface area contributed by atoms with Gasteiger partial charge in [0.1, 0.15) is 6.61 Å². The van der Waals surface area contributed by atoms with Gasteiger partial charge in [0.15, 0.2) is 0 Å². The van der Waals surface area contributed by atoms with Gasteiger partial charge < -0.3 is 14.7 Å². The SMILES string of the molecule is Cc1ccc(-c2cc(C(=O)O)cc(N3CCOCC3=O)c2)c(C#N)c1. The Hall–Kier alpha value is -3.17. The summed E-state index contributed by atoms with van der Waals surface area (Å²) in [7, 11) is 0. The van der Waals surface area contributed by atoms with Crippen LogP contribution in [0.4, 0.5) is 5.69 Å². The van der Waals surface area contributed by atoms with Gasteiger partial charge in [-0.1, -0.05) is 12.1 Å². The molecular formula is C19H16N2O4. The average molecular weight is 336 g/mol. The predicted molar refractivity (Wildman–Crippen MR) is 91.5 cm³/mol. The molecule has 0 aromatic heterocycles. The third-order valence-electron chi connectivity index (χ3n) is 4.07. The summed E-state index contributed by atoms with van der Waals surface area (Å²) < 4.78 is 5.13. The van der Waals surface area contributed by atoms with Crippen LogP contribution in [0.2, 0.25) is 0 Å². The van der Waals surface area contributed by atoms with Crippen molar-refractivity contribution < 1.29 is 19.4 Å². The molecule has 0 atom stereocenters. The van der Waals surface area contributed by atoms with Gasteiger partial charge in [-0.25, -0.2) is 4.79 Å². The molecule has 2 aromatic carbocycles. The zero-order chi connectivity index (χ0) is 18.0. The second kappa shape index (κ2) is 6.75. The minimum absolute atomic E-state index is 0.0272. The molecule has 126 valence electrons. The summed E-state index contributed by atoms with van der Waals surface area (Å²) in [6, 6.07) is 12.3. The zero-order valence-electron chi connectivity index (χ0n) is 13.7. The minimum atomic E-state index is -1.09. The molecule has 1 aliphatic rings. The highest BCUT2D eigenvalue weighted by molar-refractivity contribution is 5.98. The van der Waals surface area contributed by atoms with Crippen LogP contribution in [0.3, 0.4) is 0 Å². The molecule has 0 radical (unpaired) electrons. The normalized spacial score (nSPS) is 14.2. The number of carbonyl (C=O) groups is 2. The first-order valence-electron chi connectivity index (χ1n) is 7.77. The Morgan fingerprint density at radius 2 is 2.08 bits per heavy atom. The maximum absolute atomic E-state index is 12.1. The van der Waals surface area contributed by atoms with Crippen LogP contribution in [0, 0.1) is 18.3 Å². The van der Waals surface area contributed by atoms with Gasteiger partial charge in [-0.15, -0.1) is 0 Å². The first kappa shape index (κ1) is 16.7. The van der Waals surface area contributed by atoms with Gasteiger partial charge in [0, 0.05) is 12.2 Å². The number of rotatable bonds is 3. The lowest BCUT2D eigenvalue weighted by molar-refractivity contribution is -0.125. The second-order valence-corrected chi connectivity index (χ2v) is 5.83. The summed E-state index contributed by atoms with van der Waals surface area (Å²) in [5, 5.41) is 18.8. The highest BCUT2D eigenvalue weighted by Crippen LogP contribution is 2.30. The molecule has 25 heavy (non-hydrogen) atoms. The molecule has 6 heteroatoms. The molecule has 0 unspecified atom stereocenters. The van der Waals surface area contributed by atoms with Crippen LogP contribution in [0.5, 0.6) is 0 Å². The van der Waals surface area contributed by atoms with Crippen LogP contribution in [-0.2, 0) is 9.53 Å². The molecule has 1 N–H and O–H groups in total. The quantitative estimate of drug-likeness (QED) is 0.930. The minimum Gasteiger partial charge on any atom is -0.478 e. The first-order chi connectivity index (χ1) is 12.0. The van der Waals surface area contributed by atoms with Crippen molar-refractivity contribution in [3.8, 4) is 17.2 Å². The number of hydrogen-bond donors (Lipinski definition) is 1. The zero-order valence-corrected chi connectivity index (χ0v) is 13.7. The van der Waals surface area contributed by atoms with E-state index in [1.807, 2.05) is 13.0 Å². The van der Waals surface area contributed by atoms with Gasteiger partial charge in [0.05, 0.1) is 23.8 Å². The van der Waals surface area contributed by atoms with Crippen molar-refractivity contribution in [3.05, 3.63) is 53.1 Å². The number of benzene rings is 2. The lowest BCUT2D eigenvalue weighted by atomic mass is 9.96. The highest BCUT2D eigenvalue weighted by atomic mass is 16.5. The van der Waals surface area contributed by atoms with Gasteiger partial charge in [-0.2, -0.15) is 5.26 Å². The Morgan fingerprint density at radius 3 is 2.76 bits per heavy atom. The number of carbonyl (C=O) groups excluding carboxylic acids is 1. The fourth-order valence-electron chi connectivity index (χ4n) is 2.84. The number of aryl methyl sites for hydroxylation is 1. The van der Waals surface area contributed by atoms with Crippen LogP contribution in [0.1, 0.15) is 21.5 Å². The van der Waals surface area contributed by atoms with Crippen LogP contribution in [-0.4, -0.2) is 36.7 Å². The summed E-state index contributed by atoms with van der Waals surface area (Å²) in [6.07, 6.45) is 0. The fourth-order valence-corrected chi connectivity index (χ4v) is 2.84. The molecule has 1 fully saturated rings. The smallest absolute Gasteiger partial charge is 0.335 e. The van der Waals surface area contributed by atoms with E-state index in [0.717, 1.165) is 5.56 Å². The van der Waals surface area contributed by atoms with E-state index in [1.165, 1.54) is 17.0 Å². The summed E-state index contributed by atoms with van der Waals surface area (Å²) in [4.78, 5) is 25.1. The van der Waals surface area contributed by atoms with E-state index < -0.39 is 5.97 Å². The molecule has 0 spiro atoms. The van der Waals surface area contributed by atoms with E-state index in [2.05, 4.69) is 6.07 Å². The maximum atomic E-state index is 12.1. The van der Waals surface area contributed by atoms with Crippen molar-refractivity contribution in [1.82, 2.24) is 0 Å². The number of amides is 1. The number of ether oxygens (including phenoxy) is 1. The van der Waals surface area contributed by atoms with E-state index in [1.54, 1.807) is 18.2 Å². The third kappa shape index (κ3) is 3.37. The van der Waals surface area contributed by atoms with Crippen molar-refractivity contribution in [2.24, 2.45) is 0 Å². The van der Waals surface area contributed by atoms with E-state index in [0.29, 0.717) is 35.5 Å². The second-order valence-electron chi connectivity index (χ2n) is 5.83. The maximum Gasteiger partial charge on any atom is 0.335 e. The van der Waals surface area contributed by atoms with Crippen molar-refractivity contribution in [2.75, 3.05) is 24.7 Å². The van der Waals surface area contributed by atoms with Gasteiger partial charge in [0.2, 0.25) is 0 Å². The lowest BCUT2D eigenvalue weighted by Gasteiger charge is -2.27. The van der Waals surface area contributed by atoms with Gasteiger partial charge >= 0.3 is 5.97 Å². The third-order valence-corrected chi connectivity index (χ3v) is 4.07. The van der Waals surface area contributed by atoms with E-state index in [-0.39, 0.29) is 18.1 Å². The molecule has 2 aromatic rings. The summed E-state index contributed by atoms with van der Waals surface area (Å²) in [5.41, 5.74) is 3.19. The number of nitriles is 1. The number of aromatic carboxylic acids is 1. The van der Waals surface area contributed by atoms with Crippen molar-refractivity contribution in [3.63, 3.8) is 0 Å². The molecule has 0 saturated carbocycles. The molecule has 3 rings (SSSR count). The number of anilines is 1. The molecule has 1 heterocycles. The first-order valence-corrected chi connectivity index (χ1v) is 7.77. The van der Waals surface area contributed by atoms with Crippen molar-refractivity contribution >= 4 is 17.6 Å². The standard InChI is InChI=1S/C19H16N2O4/c1-12-2-3-17(15(6-12)10-20)13-7-14(19(23)24)9-16(8-13)21-4-5-25-11-18(21)22/h2-3,6-9H,4-5,11H2,1H3,(H,23,24). The number of nitrogens with zero attached hydrogens (tertiary/aromatic N) is 2. The Bertz CT molecular complexity index is 899. The number of carboxylic acid groups (broad SMARTS) is 1. The molecule has 1 aliphatic heterocycles. The van der Waals surface area contributed by atoms with E-state index in [9.17, 15) is 20.0 Å². The van der Waals surface area contributed by atoms with Gasteiger partial charge in [0.25, 0.3) is 5.91 Å². The fraction of sp³-hybridized carbons (Fsp3) is 0.211. The summed E-state index contributed by atoms with van der Waals surface area (Å²) in [5.74, 6) is -1.31. The number of hydrogen-bond acceptors (Lipinski definition) is 4. The van der Waals surface area contributed by atoms with Crippen LogP contribution in [0.15, 0.2) is 36.4 Å². The summed E-state index contributed by atoms with van der Waals surface area (Å²) >= 11 is 0. The van der Waals surface area contributed by atoms with Crippen LogP contribution < -0.4 is 4.90 Å². The van der Waals surface area contributed by atoms with E-state index in [4.69, 9.17) is 4.74 Å². The average Bonchev–Trinajstić information content (AvgIpc) is 2.61. The van der Waals surface area contributed by atoms with Gasteiger partial charge in [-0.3, -0.25) is 4.79 Å². The molecular weight excluding hydrogens is 320 g/mol. The number of carboxylic acids is 1. The molecule has 1 amide bonds. The largest absolute Gasteiger partial charge is 0.478 e. The lowest BCUT2D eigenvalue weighted by Crippen LogP contribution is -2.41. The van der Waals surface area contributed by atoms with Crippen LogP contribution in [0.25, 0.3) is 11.1 Å². The van der Waals surface area contributed by atoms with E-state index >= 15 is 0 Å².